The Morgan fingerprint density at radius 3 is 2.15 bits per heavy atom. The van der Waals surface area contributed by atoms with Crippen molar-refractivity contribution in [3.05, 3.63) is 21.8 Å². The van der Waals surface area contributed by atoms with E-state index in [0.717, 1.165) is 0 Å². The van der Waals surface area contributed by atoms with Crippen LogP contribution in [0.2, 0.25) is 0 Å². The van der Waals surface area contributed by atoms with Crippen LogP contribution in [0.15, 0.2) is 0 Å². The van der Waals surface area contributed by atoms with Gasteiger partial charge < -0.3 is 39.2 Å². The lowest BCUT2D eigenvalue weighted by Gasteiger charge is -2.26. The first-order chi connectivity index (χ1) is 18.5. The van der Waals surface area contributed by atoms with Gasteiger partial charge in [0.05, 0.1) is 28.0 Å². The standard InChI is InChI=1S/C24H30I3N3O10/c1-11(31)36-8-14(39-13(3)33)7-30(6)22(34)17-18(25)15(9-37-12(2)32)19(26)21(20(17)27)29-23(35)28-16-10-38-24(4,5)40-16/h14,16H,7-10H2,1-6H3,(H2,28,29,35). The third-order valence-electron chi connectivity index (χ3n) is 5.21. The Morgan fingerprint density at radius 1 is 1.00 bits per heavy atom. The number of esters is 3. The van der Waals surface area contributed by atoms with Crippen LogP contribution in [0.5, 0.6) is 0 Å². The van der Waals surface area contributed by atoms with Crippen LogP contribution in [-0.2, 0) is 44.7 Å². The van der Waals surface area contributed by atoms with Crippen LogP contribution in [0.3, 0.4) is 0 Å². The number of carbonyl (C=O) groups excluding carboxylic acids is 5. The second-order valence-corrected chi connectivity index (χ2v) is 12.3. The van der Waals surface area contributed by atoms with E-state index in [1.165, 1.54) is 32.7 Å². The second kappa shape index (κ2) is 15.1. The second-order valence-electron chi connectivity index (χ2n) is 9.09. The summed E-state index contributed by atoms with van der Waals surface area (Å²) >= 11 is 5.98. The number of nitrogens with one attached hydrogen (secondary N) is 2. The molecule has 1 aliphatic rings. The van der Waals surface area contributed by atoms with E-state index in [0.29, 0.717) is 22.0 Å². The van der Waals surface area contributed by atoms with Gasteiger partial charge in [-0.05, 0) is 81.6 Å². The average Bonchev–Trinajstić information content (AvgIpc) is 3.17. The zero-order valence-corrected chi connectivity index (χ0v) is 29.1. The van der Waals surface area contributed by atoms with Crippen LogP contribution < -0.4 is 10.6 Å². The van der Waals surface area contributed by atoms with E-state index in [9.17, 15) is 24.0 Å². The van der Waals surface area contributed by atoms with Crippen molar-refractivity contribution in [1.29, 1.82) is 0 Å². The molecule has 1 aromatic carbocycles. The maximum atomic E-state index is 13.7. The number of benzene rings is 1. The highest BCUT2D eigenvalue weighted by atomic mass is 127. The van der Waals surface area contributed by atoms with Gasteiger partial charge in [-0.25, -0.2) is 4.79 Å². The summed E-state index contributed by atoms with van der Waals surface area (Å²) in [5.41, 5.74) is 1.08. The van der Waals surface area contributed by atoms with E-state index < -0.39 is 48.0 Å². The number of urea groups is 1. The summed E-state index contributed by atoms with van der Waals surface area (Å²) in [6.07, 6.45) is -1.59. The Kier molecular flexibility index (Phi) is 13.1. The number of rotatable bonds is 10. The van der Waals surface area contributed by atoms with Crippen LogP contribution >= 0.6 is 67.8 Å². The Hall–Kier alpha value is -1.52. The topological polar surface area (TPSA) is 159 Å². The van der Waals surface area contributed by atoms with Crippen molar-refractivity contribution < 1.29 is 47.7 Å². The minimum Gasteiger partial charge on any atom is -0.462 e. The number of likely N-dealkylation sites (N-methyl/N-ethyl adjacent to an activating group) is 1. The zero-order chi connectivity index (χ0) is 30.4. The Bertz CT molecular complexity index is 1180. The van der Waals surface area contributed by atoms with Crippen molar-refractivity contribution in [2.24, 2.45) is 0 Å². The molecule has 222 valence electrons. The molecule has 3 amide bonds. The lowest BCUT2D eigenvalue weighted by atomic mass is 10.1. The summed E-state index contributed by atoms with van der Waals surface area (Å²) in [4.78, 5) is 62.4. The van der Waals surface area contributed by atoms with Crippen molar-refractivity contribution in [3.8, 4) is 0 Å². The molecule has 0 saturated carbocycles. The molecule has 1 heterocycles. The molecule has 2 rings (SSSR count). The van der Waals surface area contributed by atoms with E-state index >= 15 is 0 Å². The van der Waals surface area contributed by atoms with Gasteiger partial charge in [-0.15, -0.1) is 0 Å². The molecule has 0 aromatic heterocycles. The average molecular weight is 901 g/mol. The summed E-state index contributed by atoms with van der Waals surface area (Å²) in [6, 6.07) is -0.593. The van der Waals surface area contributed by atoms with Gasteiger partial charge in [0.2, 0.25) is 0 Å². The third-order valence-corrected chi connectivity index (χ3v) is 8.67. The van der Waals surface area contributed by atoms with Crippen molar-refractivity contribution in [2.45, 2.75) is 59.3 Å². The minimum atomic E-state index is -0.906. The van der Waals surface area contributed by atoms with E-state index in [1.807, 2.05) is 67.8 Å². The number of amides is 3. The molecule has 1 aliphatic heterocycles. The maximum absolute atomic E-state index is 13.7. The first kappa shape index (κ1) is 34.7. The number of hydrogen-bond donors (Lipinski definition) is 2. The van der Waals surface area contributed by atoms with Crippen LogP contribution in [0.1, 0.15) is 50.5 Å². The van der Waals surface area contributed by atoms with Gasteiger partial charge in [-0.1, -0.05) is 0 Å². The Balaban J connectivity index is 2.42. The molecule has 1 aromatic rings. The van der Waals surface area contributed by atoms with Gasteiger partial charge in [-0.3, -0.25) is 19.2 Å². The SMILES string of the molecule is CC(=O)OCc1c(I)c(NC(=O)NC2COC(C)(C)O2)c(I)c(C(=O)N(C)CC(COC(C)=O)OC(C)=O)c1I. The lowest BCUT2D eigenvalue weighted by molar-refractivity contribution is -0.156. The third kappa shape index (κ3) is 10.1. The largest absolute Gasteiger partial charge is 0.462 e. The molecule has 2 unspecified atom stereocenters. The van der Waals surface area contributed by atoms with E-state index in [4.69, 9.17) is 23.7 Å². The summed E-state index contributed by atoms with van der Waals surface area (Å²) in [7, 11) is 1.50. The zero-order valence-electron chi connectivity index (χ0n) is 22.6. The highest BCUT2D eigenvalue weighted by molar-refractivity contribution is 14.1. The fourth-order valence-electron chi connectivity index (χ4n) is 3.52. The van der Waals surface area contributed by atoms with Crippen molar-refractivity contribution in [3.63, 3.8) is 0 Å². The number of hydrogen-bond acceptors (Lipinski definition) is 10. The van der Waals surface area contributed by atoms with Crippen LogP contribution in [0.25, 0.3) is 0 Å². The number of nitrogens with zero attached hydrogens (tertiary/aromatic N) is 1. The molecule has 40 heavy (non-hydrogen) atoms. The number of carbonyl (C=O) groups is 5. The van der Waals surface area contributed by atoms with E-state index in [2.05, 4.69) is 10.6 Å². The summed E-state index contributed by atoms with van der Waals surface area (Å²) < 4.78 is 28.0. The van der Waals surface area contributed by atoms with Crippen molar-refractivity contribution in [1.82, 2.24) is 10.2 Å². The molecule has 2 N–H and O–H groups in total. The highest BCUT2D eigenvalue weighted by Crippen LogP contribution is 2.37. The molecule has 0 aliphatic carbocycles. The maximum Gasteiger partial charge on any atom is 0.321 e. The van der Waals surface area contributed by atoms with Gasteiger partial charge in [0.15, 0.2) is 18.1 Å². The van der Waals surface area contributed by atoms with Gasteiger partial charge in [0.25, 0.3) is 5.91 Å². The minimum absolute atomic E-state index is 0.0822. The summed E-state index contributed by atoms with van der Waals surface area (Å²) in [5.74, 6) is -2.98. The smallest absolute Gasteiger partial charge is 0.321 e. The molecule has 2 atom stereocenters. The fraction of sp³-hybridized carbons (Fsp3) is 0.542. The van der Waals surface area contributed by atoms with Gasteiger partial charge >= 0.3 is 23.9 Å². The molecule has 0 bridgehead atoms. The molecule has 13 nitrogen and oxygen atoms in total. The highest BCUT2D eigenvalue weighted by Gasteiger charge is 2.34. The number of ether oxygens (including phenoxy) is 5. The fourth-order valence-corrected chi connectivity index (χ4v) is 7.72. The molecule has 0 spiro atoms. The van der Waals surface area contributed by atoms with Crippen molar-refractivity contribution in [2.75, 3.05) is 32.1 Å². The van der Waals surface area contributed by atoms with Crippen LogP contribution in [-0.4, -0.2) is 79.7 Å². The summed E-state index contributed by atoms with van der Waals surface area (Å²) in [6.45, 7) is 6.85. The predicted octanol–water partition coefficient (Wildman–Crippen LogP) is 3.36. The van der Waals surface area contributed by atoms with Gasteiger partial charge in [-0.2, -0.15) is 0 Å². The van der Waals surface area contributed by atoms with Crippen LogP contribution in [0.4, 0.5) is 10.5 Å². The summed E-state index contributed by atoms with van der Waals surface area (Å²) in [5, 5.41) is 5.46. The molecular formula is C24H30I3N3O10. The monoisotopic (exact) mass is 901 g/mol. The van der Waals surface area contributed by atoms with E-state index in [1.54, 1.807) is 13.8 Å². The Labute approximate surface area is 272 Å². The lowest BCUT2D eigenvalue weighted by Crippen LogP contribution is -2.41. The van der Waals surface area contributed by atoms with Gasteiger partial charge in [0.1, 0.15) is 13.2 Å². The Morgan fingerprint density at radius 2 is 1.62 bits per heavy atom. The molecule has 0 radical (unpaired) electrons. The molecular weight excluding hydrogens is 871 g/mol. The predicted molar refractivity (Wildman–Crippen MR) is 166 cm³/mol. The molecule has 1 fully saturated rings. The van der Waals surface area contributed by atoms with Crippen LogP contribution in [0, 0.1) is 10.7 Å². The van der Waals surface area contributed by atoms with E-state index in [-0.39, 0.29) is 31.9 Å². The first-order valence-corrected chi connectivity index (χ1v) is 15.0. The quantitative estimate of drug-likeness (QED) is 0.203. The van der Waals surface area contributed by atoms with Gasteiger partial charge in [0, 0.05) is 40.5 Å². The van der Waals surface area contributed by atoms with Crippen molar-refractivity contribution >= 4 is 103 Å². The first-order valence-electron chi connectivity index (χ1n) is 11.8. The molecule has 16 heteroatoms. The normalized spacial score (nSPS) is 16.5. The number of anilines is 1. The molecule has 1 saturated heterocycles. The number of halogens is 3.